The number of rotatable bonds is 3. The molecule has 4 heteroatoms. The number of carbonyl (C=O) groups is 3. The Bertz CT molecular complexity index is 1020. The highest BCUT2D eigenvalue weighted by Crippen LogP contribution is 2.76. The monoisotopic (exact) mass is 496 g/mol. The smallest absolute Gasteiger partial charge is 0.302 e. The second-order valence-corrected chi connectivity index (χ2v) is 14.9. The van der Waals surface area contributed by atoms with E-state index in [1.807, 2.05) is 0 Å². The lowest BCUT2D eigenvalue weighted by Crippen LogP contribution is -2.65. The van der Waals surface area contributed by atoms with E-state index >= 15 is 0 Å². The highest BCUT2D eigenvalue weighted by Gasteiger charge is 2.70. The van der Waals surface area contributed by atoms with Gasteiger partial charge in [-0.3, -0.25) is 9.59 Å². The van der Waals surface area contributed by atoms with E-state index < -0.39 is 5.41 Å². The maximum Gasteiger partial charge on any atom is 0.302 e. The molecule has 4 fully saturated rings. The first-order chi connectivity index (χ1) is 16.7. The van der Waals surface area contributed by atoms with E-state index in [2.05, 4.69) is 48.5 Å². The number of esters is 1. The average Bonchev–Trinajstić information content (AvgIpc) is 3.09. The summed E-state index contributed by atoms with van der Waals surface area (Å²) in [6.07, 6.45) is 10.0. The molecule has 0 amide bonds. The summed E-state index contributed by atoms with van der Waals surface area (Å²) in [7, 11) is 0. The Balaban J connectivity index is 1.56. The fourth-order valence-corrected chi connectivity index (χ4v) is 11.2. The Morgan fingerprint density at radius 1 is 0.917 bits per heavy atom. The highest BCUT2D eigenvalue weighted by molar-refractivity contribution is 6.03. The van der Waals surface area contributed by atoms with E-state index in [9.17, 15) is 14.4 Å². The molecule has 36 heavy (non-hydrogen) atoms. The van der Waals surface area contributed by atoms with Crippen LogP contribution in [0.4, 0.5) is 0 Å². The van der Waals surface area contributed by atoms with Crippen molar-refractivity contribution in [3.05, 3.63) is 11.1 Å². The number of Topliss-reactive ketones (excluding diaryl/α,β-unsaturated/α-hetero) is 1. The van der Waals surface area contributed by atoms with Crippen molar-refractivity contribution in [3.63, 3.8) is 0 Å². The SMILES string of the molecule is CC(=O)O[C@H]1CC[C@@]2(C)[C@@H](CCC3(C)[C@@H]2CC[C@@H]2C4=C(C(C)C)C(=O)C[C@]4(C=O)CC[C@]23C)C1(C)C. The normalized spacial score (nSPS) is 47.5. The van der Waals surface area contributed by atoms with Crippen molar-refractivity contribution >= 4 is 18.0 Å². The van der Waals surface area contributed by atoms with Crippen LogP contribution >= 0.6 is 0 Å². The van der Waals surface area contributed by atoms with E-state index in [-0.39, 0.29) is 45.4 Å². The maximum atomic E-state index is 13.3. The van der Waals surface area contributed by atoms with Gasteiger partial charge < -0.3 is 9.53 Å². The van der Waals surface area contributed by atoms with E-state index in [0.29, 0.717) is 24.2 Å². The van der Waals surface area contributed by atoms with Gasteiger partial charge in [0.15, 0.2) is 5.78 Å². The summed E-state index contributed by atoms with van der Waals surface area (Å²) < 4.78 is 5.87. The summed E-state index contributed by atoms with van der Waals surface area (Å²) in [6, 6.07) is 0. The summed E-state index contributed by atoms with van der Waals surface area (Å²) in [4.78, 5) is 37.7. The third-order valence-electron chi connectivity index (χ3n) is 13.0. The number of ketones is 1. The van der Waals surface area contributed by atoms with Crippen molar-refractivity contribution in [1.82, 2.24) is 0 Å². The van der Waals surface area contributed by atoms with E-state index in [0.717, 1.165) is 56.8 Å². The quantitative estimate of drug-likeness (QED) is 0.309. The Hall–Kier alpha value is -1.45. The molecule has 0 spiro atoms. The molecule has 200 valence electrons. The van der Waals surface area contributed by atoms with Crippen LogP contribution in [0.5, 0.6) is 0 Å². The van der Waals surface area contributed by atoms with Crippen LogP contribution < -0.4 is 0 Å². The average molecular weight is 497 g/mol. The minimum atomic E-state index is -0.546. The molecule has 0 N–H and O–H groups in total. The maximum absolute atomic E-state index is 13.3. The first kappa shape index (κ1) is 26.2. The van der Waals surface area contributed by atoms with Crippen molar-refractivity contribution in [2.24, 2.45) is 50.7 Å². The first-order valence-electron chi connectivity index (χ1n) is 14.6. The molecule has 5 rings (SSSR count). The van der Waals surface area contributed by atoms with Gasteiger partial charge in [0.05, 0.1) is 5.41 Å². The lowest BCUT2D eigenvalue weighted by Gasteiger charge is -2.72. The second-order valence-electron chi connectivity index (χ2n) is 14.9. The van der Waals surface area contributed by atoms with Crippen molar-refractivity contribution in [1.29, 1.82) is 0 Å². The lowest BCUT2D eigenvalue weighted by atomic mass is 9.33. The zero-order valence-electron chi connectivity index (χ0n) is 24.0. The molecular formula is C32H48O4. The lowest BCUT2D eigenvalue weighted by molar-refractivity contribution is -0.232. The van der Waals surface area contributed by atoms with Gasteiger partial charge in [0.2, 0.25) is 0 Å². The van der Waals surface area contributed by atoms with Crippen LogP contribution in [-0.4, -0.2) is 24.1 Å². The van der Waals surface area contributed by atoms with Gasteiger partial charge in [-0.2, -0.15) is 0 Å². The van der Waals surface area contributed by atoms with Crippen molar-refractivity contribution in [3.8, 4) is 0 Å². The predicted octanol–water partition coefficient (Wildman–Crippen LogP) is 7.10. The summed E-state index contributed by atoms with van der Waals surface area (Å²) in [5.41, 5.74) is 2.12. The summed E-state index contributed by atoms with van der Waals surface area (Å²) in [5.74, 6) is 1.69. The number of carbonyl (C=O) groups excluding carboxylic acids is 3. The molecule has 0 bridgehead atoms. The van der Waals surface area contributed by atoms with Crippen molar-refractivity contribution in [2.75, 3.05) is 0 Å². The number of allylic oxidation sites excluding steroid dienone is 2. The third kappa shape index (κ3) is 3.14. The summed E-state index contributed by atoms with van der Waals surface area (Å²) >= 11 is 0. The molecular weight excluding hydrogens is 448 g/mol. The molecule has 0 aromatic heterocycles. The molecule has 5 aliphatic carbocycles. The Kier molecular flexibility index (Phi) is 5.83. The first-order valence-corrected chi connectivity index (χ1v) is 14.6. The second kappa shape index (κ2) is 8.03. The molecule has 4 saturated carbocycles. The van der Waals surface area contributed by atoms with Gasteiger partial charge in [-0.1, -0.05) is 48.5 Å². The standard InChI is InChI=1S/C32H48O4/c1-19(2)26-22(35)17-32(18-33)16-15-30(7)21(27(26)32)9-10-24-29(6)13-12-25(36-20(3)34)28(4,5)23(29)11-14-31(24,30)8/h18-19,21,23-25H,9-17H2,1-8H3/t21-,23+,24-,25+,29+,30-,31?,32+/m1/s1. The van der Waals surface area contributed by atoms with E-state index in [1.165, 1.54) is 12.0 Å². The zero-order valence-corrected chi connectivity index (χ0v) is 24.0. The largest absolute Gasteiger partial charge is 0.462 e. The third-order valence-corrected chi connectivity index (χ3v) is 13.0. The Labute approximate surface area is 218 Å². The van der Waals surface area contributed by atoms with Crippen molar-refractivity contribution in [2.45, 2.75) is 119 Å². The number of hydrogen-bond donors (Lipinski definition) is 0. The van der Waals surface area contributed by atoms with Gasteiger partial charge in [0.25, 0.3) is 0 Å². The molecule has 0 aliphatic heterocycles. The van der Waals surface area contributed by atoms with Crippen LogP contribution in [-0.2, 0) is 19.1 Å². The van der Waals surface area contributed by atoms with Gasteiger partial charge in [0.1, 0.15) is 12.4 Å². The Morgan fingerprint density at radius 2 is 1.61 bits per heavy atom. The molecule has 0 heterocycles. The van der Waals surface area contributed by atoms with Crippen LogP contribution in [0.3, 0.4) is 0 Å². The highest BCUT2D eigenvalue weighted by atomic mass is 16.5. The van der Waals surface area contributed by atoms with Gasteiger partial charge in [-0.25, -0.2) is 0 Å². The van der Waals surface area contributed by atoms with E-state index in [4.69, 9.17) is 4.74 Å². The van der Waals surface area contributed by atoms with Gasteiger partial charge in [-0.05, 0) is 102 Å². The molecule has 0 aromatic carbocycles. The van der Waals surface area contributed by atoms with Crippen LogP contribution in [0.1, 0.15) is 113 Å². The van der Waals surface area contributed by atoms with Gasteiger partial charge >= 0.3 is 5.97 Å². The number of hydrogen-bond acceptors (Lipinski definition) is 4. The summed E-state index contributed by atoms with van der Waals surface area (Å²) in [6.45, 7) is 18.1. The van der Waals surface area contributed by atoms with Gasteiger partial charge in [0, 0.05) is 18.8 Å². The molecule has 5 aliphatic rings. The molecule has 1 unspecified atom stereocenters. The number of fused-ring (bicyclic) bond motifs is 7. The predicted molar refractivity (Wildman–Crippen MR) is 141 cm³/mol. The zero-order chi connectivity index (χ0) is 26.5. The molecule has 8 atom stereocenters. The Morgan fingerprint density at radius 3 is 2.22 bits per heavy atom. The molecule has 0 saturated heterocycles. The fourth-order valence-electron chi connectivity index (χ4n) is 11.2. The molecule has 4 nitrogen and oxygen atoms in total. The molecule has 0 radical (unpaired) electrons. The van der Waals surface area contributed by atoms with Crippen molar-refractivity contribution < 1.29 is 19.1 Å². The van der Waals surface area contributed by atoms with Crippen LogP contribution in [0.15, 0.2) is 11.1 Å². The van der Waals surface area contributed by atoms with Crippen LogP contribution in [0.2, 0.25) is 0 Å². The fraction of sp³-hybridized carbons (Fsp3) is 0.844. The number of aldehydes is 1. The topological polar surface area (TPSA) is 60.4 Å². The molecule has 0 aromatic rings. The summed E-state index contributed by atoms with van der Waals surface area (Å²) in [5, 5.41) is 0. The van der Waals surface area contributed by atoms with Crippen LogP contribution in [0, 0.1) is 50.7 Å². The van der Waals surface area contributed by atoms with E-state index in [1.54, 1.807) is 6.92 Å². The number of ether oxygens (including phenoxy) is 1. The van der Waals surface area contributed by atoms with Gasteiger partial charge in [-0.15, -0.1) is 0 Å². The minimum absolute atomic E-state index is 0.00416. The minimum Gasteiger partial charge on any atom is -0.462 e. The van der Waals surface area contributed by atoms with Crippen LogP contribution in [0.25, 0.3) is 0 Å².